The van der Waals surface area contributed by atoms with E-state index in [1.165, 1.54) is 28.7 Å². The van der Waals surface area contributed by atoms with E-state index in [0.717, 1.165) is 29.9 Å². The topological polar surface area (TPSA) is 92.6 Å². The van der Waals surface area contributed by atoms with E-state index in [0.29, 0.717) is 33.3 Å². The Labute approximate surface area is 186 Å². The second kappa shape index (κ2) is 8.20. The molecule has 0 fully saturated rings. The van der Waals surface area contributed by atoms with Gasteiger partial charge in [0.25, 0.3) is 5.91 Å². The summed E-state index contributed by atoms with van der Waals surface area (Å²) in [4.78, 5) is 27.4. The zero-order valence-corrected chi connectivity index (χ0v) is 18.5. The van der Waals surface area contributed by atoms with Crippen molar-refractivity contribution in [3.05, 3.63) is 33.7 Å². The molecule has 1 aromatic carbocycles. The molecule has 7 nitrogen and oxygen atoms in total. The number of allylic oxidation sites excluding steroid dienone is 1. The number of amides is 1. The lowest BCUT2D eigenvalue weighted by Crippen LogP contribution is -2.26. The maximum atomic E-state index is 12.7. The van der Waals surface area contributed by atoms with Crippen LogP contribution in [0, 0.1) is 5.92 Å². The molecule has 0 radical (unpaired) electrons. The summed E-state index contributed by atoms with van der Waals surface area (Å²) in [7, 11) is 1.59. The summed E-state index contributed by atoms with van der Waals surface area (Å²) in [5, 5.41) is 9.18. The van der Waals surface area contributed by atoms with Crippen molar-refractivity contribution in [1.29, 1.82) is 0 Å². The normalized spacial score (nSPS) is 20.6. The number of hydrogen-bond donors (Lipinski definition) is 1. The Kier molecular flexibility index (Phi) is 5.43. The third-order valence-corrected chi connectivity index (χ3v) is 7.55. The first-order chi connectivity index (χ1) is 14.6. The summed E-state index contributed by atoms with van der Waals surface area (Å²) in [6.45, 7) is 0. The van der Waals surface area contributed by atoms with Gasteiger partial charge in [0.2, 0.25) is 5.16 Å². The van der Waals surface area contributed by atoms with E-state index in [1.807, 2.05) is 0 Å². The number of thioether (sulfide) groups is 2. The van der Waals surface area contributed by atoms with Crippen LogP contribution in [0.15, 0.2) is 43.8 Å². The number of hydrogen-bond acceptors (Lipinski definition) is 7. The van der Waals surface area contributed by atoms with Crippen molar-refractivity contribution in [3.8, 4) is 17.1 Å². The Morgan fingerprint density at radius 3 is 3.03 bits per heavy atom. The van der Waals surface area contributed by atoms with Crippen LogP contribution in [-0.4, -0.2) is 44.8 Å². The molecule has 0 spiro atoms. The van der Waals surface area contributed by atoms with Crippen molar-refractivity contribution < 1.29 is 9.53 Å². The third-order valence-electron chi connectivity index (χ3n) is 5.22. The van der Waals surface area contributed by atoms with Gasteiger partial charge in [-0.05, 0) is 54.4 Å². The van der Waals surface area contributed by atoms with Crippen LogP contribution in [0.3, 0.4) is 0 Å². The van der Waals surface area contributed by atoms with Crippen molar-refractivity contribution >= 4 is 51.9 Å². The van der Waals surface area contributed by atoms with E-state index in [-0.39, 0.29) is 11.8 Å². The number of methoxy groups -OCH3 is 1. The van der Waals surface area contributed by atoms with Crippen molar-refractivity contribution in [2.24, 2.45) is 15.9 Å². The Balaban J connectivity index is 1.29. The minimum Gasteiger partial charge on any atom is -0.496 e. The third kappa shape index (κ3) is 3.70. The summed E-state index contributed by atoms with van der Waals surface area (Å²) in [6, 6.07) is 5.32. The summed E-state index contributed by atoms with van der Waals surface area (Å²) in [6.07, 6.45) is 4.38. The summed E-state index contributed by atoms with van der Waals surface area (Å²) in [5.74, 6) is 1.85. The molecule has 10 heteroatoms. The molecular weight excluding hydrogens is 442 g/mol. The van der Waals surface area contributed by atoms with Gasteiger partial charge in [0, 0.05) is 5.02 Å². The number of carbonyl (C=O) groups is 1. The molecule has 3 heterocycles. The summed E-state index contributed by atoms with van der Waals surface area (Å²) in [5.41, 5.74) is 1.98. The molecule has 5 rings (SSSR count). The number of ether oxygens (including phenoxy) is 1. The predicted octanol–water partition coefficient (Wildman–Crippen LogP) is 4.75. The van der Waals surface area contributed by atoms with Crippen LogP contribution in [0.25, 0.3) is 11.4 Å². The predicted molar refractivity (Wildman–Crippen MR) is 121 cm³/mol. The SMILES string of the molecule is COc1ccc(Cl)cc1-c1nc(SCC2=NC(=O)C3C(=N2)SC2=C3CCCC2)n[nH]1. The molecule has 30 heavy (non-hydrogen) atoms. The largest absolute Gasteiger partial charge is 0.496 e. The quantitative estimate of drug-likeness (QED) is 0.648. The number of nitrogens with zero attached hydrogens (tertiary/aromatic N) is 4. The van der Waals surface area contributed by atoms with Crippen molar-refractivity contribution in [1.82, 2.24) is 15.2 Å². The molecule has 0 saturated carbocycles. The number of nitrogens with one attached hydrogen (secondary N) is 1. The fourth-order valence-electron chi connectivity index (χ4n) is 3.83. The number of carbonyl (C=O) groups excluding carboxylic acids is 1. The number of fused-ring (bicyclic) bond motifs is 2. The van der Waals surface area contributed by atoms with Crippen LogP contribution >= 0.6 is 35.1 Å². The van der Waals surface area contributed by atoms with Crippen LogP contribution in [0.1, 0.15) is 25.7 Å². The molecule has 0 bridgehead atoms. The van der Waals surface area contributed by atoms with E-state index in [1.54, 1.807) is 37.1 Å². The lowest BCUT2D eigenvalue weighted by Gasteiger charge is -2.18. The molecule has 2 aliphatic heterocycles. The number of halogens is 1. The highest BCUT2D eigenvalue weighted by Gasteiger charge is 2.40. The zero-order valence-electron chi connectivity index (χ0n) is 16.1. The number of amidine groups is 1. The standard InChI is InChI=1S/C20H18ClN5O2S2/c1-28-13-7-6-10(21)8-12(13)17-24-20(26-25-17)29-9-15-22-18(27)16-11-4-2-3-5-14(11)30-19(16)23-15/h6-8,16H,2-5,9H2,1H3,(H,24,25,26). The van der Waals surface area contributed by atoms with Gasteiger partial charge < -0.3 is 4.74 Å². The Hall–Kier alpha value is -2.10. The van der Waals surface area contributed by atoms with E-state index >= 15 is 0 Å². The van der Waals surface area contributed by atoms with Gasteiger partial charge in [0.1, 0.15) is 17.5 Å². The molecule has 3 aliphatic rings. The number of H-pyrrole nitrogens is 1. The van der Waals surface area contributed by atoms with Gasteiger partial charge >= 0.3 is 0 Å². The van der Waals surface area contributed by atoms with Crippen LogP contribution in [-0.2, 0) is 4.79 Å². The van der Waals surface area contributed by atoms with Gasteiger partial charge in [-0.2, -0.15) is 4.99 Å². The van der Waals surface area contributed by atoms with Gasteiger partial charge in [0.05, 0.1) is 23.5 Å². The average Bonchev–Trinajstić information content (AvgIpc) is 3.36. The van der Waals surface area contributed by atoms with E-state index in [4.69, 9.17) is 16.3 Å². The number of aliphatic imine (C=N–C) groups is 2. The number of aromatic amines is 1. The smallest absolute Gasteiger partial charge is 0.261 e. The number of rotatable bonds is 5. The molecular formula is C20H18ClN5O2S2. The molecule has 0 saturated heterocycles. The first-order valence-corrected chi connectivity index (χ1v) is 11.8. The van der Waals surface area contributed by atoms with Crippen LogP contribution < -0.4 is 4.74 Å². The molecule has 2 aromatic rings. The second-order valence-corrected chi connectivity index (χ2v) is 9.60. The summed E-state index contributed by atoms with van der Waals surface area (Å²) >= 11 is 9.16. The minimum absolute atomic E-state index is 0.0886. The van der Waals surface area contributed by atoms with Crippen LogP contribution in [0.4, 0.5) is 0 Å². The molecule has 1 N–H and O–H groups in total. The van der Waals surface area contributed by atoms with Gasteiger partial charge in [-0.25, -0.2) is 9.98 Å². The minimum atomic E-state index is -0.232. The van der Waals surface area contributed by atoms with Crippen molar-refractivity contribution in [2.45, 2.75) is 30.8 Å². The Morgan fingerprint density at radius 2 is 2.17 bits per heavy atom. The van der Waals surface area contributed by atoms with Crippen molar-refractivity contribution in [2.75, 3.05) is 12.9 Å². The van der Waals surface area contributed by atoms with Crippen LogP contribution in [0.5, 0.6) is 5.75 Å². The Morgan fingerprint density at radius 1 is 1.30 bits per heavy atom. The fourth-order valence-corrected chi connectivity index (χ4v) is 6.02. The van der Waals surface area contributed by atoms with Gasteiger partial charge in [-0.15, -0.1) is 5.10 Å². The molecule has 154 valence electrons. The average molecular weight is 460 g/mol. The van der Waals surface area contributed by atoms with Crippen LogP contribution in [0.2, 0.25) is 5.02 Å². The summed E-state index contributed by atoms with van der Waals surface area (Å²) < 4.78 is 5.38. The van der Waals surface area contributed by atoms with E-state index < -0.39 is 0 Å². The molecule has 1 aliphatic carbocycles. The first kappa shape index (κ1) is 19.8. The first-order valence-electron chi connectivity index (χ1n) is 9.61. The van der Waals surface area contributed by atoms with Gasteiger partial charge in [-0.1, -0.05) is 35.1 Å². The highest BCUT2D eigenvalue weighted by Crippen LogP contribution is 2.47. The maximum Gasteiger partial charge on any atom is 0.261 e. The van der Waals surface area contributed by atoms with Crippen molar-refractivity contribution in [3.63, 3.8) is 0 Å². The maximum absolute atomic E-state index is 12.7. The molecule has 1 aromatic heterocycles. The Bertz CT molecular complexity index is 1120. The van der Waals surface area contributed by atoms with E-state index in [9.17, 15) is 4.79 Å². The molecule has 1 unspecified atom stereocenters. The van der Waals surface area contributed by atoms with Gasteiger partial charge in [0.15, 0.2) is 5.82 Å². The van der Waals surface area contributed by atoms with Gasteiger partial charge in [-0.3, -0.25) is 9.89 Å². The molecule has 1 amide bonds. The second-order valence-electron chi connectivity index (χ2n) is 7.11. The molecule has 1 atom stereocenters. The fraction of sp³-hybridized carbons (Fsp3) is 0.350. The zero-order chi connectivity index (χ0) is 20.7. The number of aromatic nitrogens is 3. The highest BCUT2D eigenvalue weighted by atomic mass is 35.5. The number of benzene rings is 1. The monoisotopic (exact) mass is 459 g/mol. The highest BCUT2D eigenvalue weighted by molar-refractivity contribution is 8.17. The lowest BCUT2D eigenvalue weighted by molar-refractivity contribution is -0.118. The lowest BCUT2D eigenvalue weighted by atomic mass is 9.89. The van der Waals surface area contributed by atoms with E-state index in [2.05, 4.69) is 25.2 Å².